The Hall–Kier alpha value is -2.13. The maximum absolute atomic E-state index is 11.6. The van der Waals surface area contributed by atoms with E-state index in [1.165, 1.54) is 11.3 Å². The van der Waals surface area contributed by atoms with Gasteiger partial charge in [0.05, 0.1) is 20.1 Å². The lowest BCUT2D eigenvalue weighted by Crippen LogP contribution is -2.36. The molecule has 0 aliphatic carbocycles. The highest BCUT2D eigenvalue weighted by Gasteiger charge is 2.24. The van der Waals surface area contributed by atoms with Crippen LogP contribution >= 0.6 is 22.9 Å². The van der Waals surface area contributed by atoms with Crippen LogP contribution in [0.4, 0.5) is 5.82 Å². The standard InChI is InChI=1S/C9H8ClN5O3S/c1-4(5-2-3-6(10)19-5)12-13-9(16)7-8(11)14-18-15(7)17/h2-3H,1H3,(H2,11,14)(H,13,16)/b12-4+. The third-order valence-corrected chi connectivity index (χ3v) is 3.45. The Morgan fingerprint density at radius 2 is 2.42 bits per heavy atom. The minimum atomic E-state index is -0.809. The van der Waals surface area contributed by atoms with E-state index in [9.17, 15) is 10.0 Å². The second-order valence-electron chi connectivity index (χ2n) is 3.41. The largest absolute Gasteiger partial charge is 0.359 e. The third-order valence-electron chi connectivity index (χ3n) is 2.11. The number of nitrogen functional groups attached to an aromatic ring is 1. The summed E-state index contributed by atoms with van der Waals surface area (Å²) in [6, 6.07) is 3.48. The predicted molar refractivity (Wildman–Crippen MR) is 68.9 cm³/mol. The first kappa shape index (κ1) is 13.3. The zero-order valence-electron chi connectivity index (χ0n) is 9.58. The van der Waals surface area contributed by atoms with Gasteiger partial charge in [0, 0.05) is 0 Å². The van der Waals surface area contributed by atoms with Crippen molar-refractivity contribution in [3.63, 3.8) is 0 Å². The van der Waals surface area contributed by atoms with Gasteiger partial charge in [-0.15, -0.1) is 11.3 Å². The number of rotatable bonds is 3. The summed E-state index contributed by atoms with van der Waals surface area (Å²) >= 11 is 7.10. The number of carbonyl (C=O) groups excluding carboxylic acids is 1. The molecule has 0 aliphatic heterocycles. The molecular formula is C9H8ClN5O3S. The van der Waals surface area contributed by atoms with Gasteiger partial charge >= 0.3 is 17.4 Å². The highest BCUT2D eigenvalue weighted by molar-refractivity contribution is 7.18. The van der Waals surface area contributed by atoms with Crippen LogP contribution in [0.5, 0.6) is 0 Å². The summed E-state index contributed by atoms with van der Waals surface area (Å²) in [6.45, 7) is 1.69. The molecule has 0 radical (unpaired) electrons. The van der Waals surface area contributed by atoms with Gasteiger partial charge in [-0.25, -0.2) is 5.43 Å². The molecule has 0 aromatic carbocycles. The number of thiophene rings is 1. The first-order valence-corrected chi connectivity index (χ1v) is 6.14. The van der Waals surface area contributed by atoms with Crippen molar-refractivity contribution in [1.82, 2.24) is 10.6 Å². The van der Waals surface area contributed by atoms with E-state index in [2.05, 4.69) is 20.3 Å². The Bertz CT molecular complexity index is 631. The summed E-state index contributed by atoms with van der Waals surface area (Å²) in [5.74, 6) is -1.12. The first-order valence-electron chi connectivity index (χ1n) is 4.94. The lowest BCUT2D eigenvalue weighted by molar-refractivity contribution is -0.803. The third kappa shape index (κ3) is 2.83. The van der Waals surface area contributed by atoms with Crippen LogP contribution in [-0.2, 0) is 0 Å². The molecule has 2 rings (SSSR count). The van der Waals surface area contributed by atoms with Gasteiger partial charge in [0.25, 0.3) is 0 Å². The van der Waals surface area contributed by atoms with Crippen LogP contribution < -0.4 is 16.1 Å². The Balaban J connectivity index is 2.12. The van der Waals surface area contributed by atoms with E-state index in [4.69, 9.17) is 17.3 Å². The molecule has 19 heavy (non-hydrogen) atoms. The number of carbonyl (C=O) groups is 1. The molecule has 0 fully saturated rings. The number of halogens is 1. The molecule has 0 spiro atoms. The summed E-state index contributed by atoms with van der Waals surface area (Å²) in [6.07, 6.45) is 0. The summed E-state index contributed by atoms with van der Waals surface area (Å²) in [4.78, 5) is 12.4. The molecule has 0 bridgehead atoms. The average Bonchev–Trinajstić information content (AvgIpc) is 2.93. The minimum absolute atomic E-state index is 0.0858. The van der Waals surface area contributed by atoms with Crippen molar-refractivity contribution < 1.29 is 14.3 Å². The SMILES string of the molecule is C/C(=N\NC(=O)c1c(N)no[n+]1[O-])c1ccc(Cl)s1. The Morgan fingerprint density at radius 3 is 2.95 bits per heavy atom. The Labute approximate surface area is 116 Å². The topological polar surface area (TPSA) is 120 Å². The molecule has 2 aromatic rings. The van der Waals surface area contributed by atoms with Gasteiger partial charge < -0.3 is 10.9 Å². The molecule has 0 saturated carbocycles. The number of nitrogens with two attached hydrogens (primary N) is 1. The summed E-state index contributed by atoms with van der Waals surface area (Å²) in [7, 11) is 0. The zero-order valence-corrected chi connectivity index (χ0v) is 11.2. The molecule has 0 atom stereocenters. The fourth-order valence-electron chi connectivity index (χ4n) is 1.21. The zero-order chi connectivity index (χ0) is 14.0. The van der Waals surface area contributed by atoms with Crippen LogP contribution in [0.1, 0.15) is 22.3 Å². The second-order valence-corrected chi connectivity index (χ2v) is 5.12. The molecule has 0 saturated heterocycles. The number of nitrogens with zero attached hydrogens (tertiary/aromatic N) is 3. The van der Waals surface area contributed by atoms with Crippen molar-refractivity contribution in [3.8, 4) is 0 Å². The van der Waals surface area contributed by atoms with E-state index in [0.717, 1.165) is 4.88 Å². The molecule has 0 aliphatic rings. The van der Waals surface area contributed by atoms with Crippen LogP contribution in [0.3, 0.4) is 0 Å². The lowest BCUT2D eigenvalue weighted by atomic mass is 10.3. The van der Waals surface area contributed by atoms with E-state index in [1.54, 1.807) is 19.1 Å². The average molecular weight is 302 g/mol. The Morgan fingerprint density at radius 1 is 1.68 bits per heavy atom. The molecular weight excluding hydrogens is 294 g/mol. The fourth-order valence-corrected chi connectivity index (χ4v) is 2.20. The van der Waals surface area contributed by atoms with Crippen molar-refractivity contribution in [2.45, 2.75) is 6.92 Å². The number of hydrogen-bond acceptors (Lipinski definition) is 7. The summed E-state index contributed by atoms with van der Waals surface area (Å²) in [5, 5.41) is 18.1. The van der Waals surface area contributed by atoms with Gasteiger partial charge in [-0.2, -0.15) is 5.10 Å². The number of nitrogens with one attached hydrogen (secondary N) is 1. The fraction of sp³-hybridized carbons (Fsp3) is 0.111. The van der Waals surface area contributed by atoms with Gasteiger partial charge in [0.1, 0.15) is 0 Å². The van der Waals surface area contributed by atoms with E-state index in [0.29, 0.717) is 10.0 Å². The van der Waals surface area contributed by atoms with Crippen LogP contribution in [0.15, 0.2) is 21.9 Å². The van der Waals surface area contributed by atoms with E-state index in [-0.39, 0.29) is 10.7 Å². The number of hydrazone groups is 1. The van der Waals surface area contributed by atoms with Gasteiger partial charge in [-0.1, -0.05) is 11.6 Å². The smallest absolute Gasteiger partial charge is 0.322 e. The van der Waals surface area contributed by atoms with Crippen LogP contribution in [0.2, 0.25) is 4.34 Å². The number of hydrogen-bond donors (Lipinski definition) is 2. The molecule has 2 aromatic heterocycles. The van der Waals surface area contributed by atoms with Gasteiger partial charge in [-0.3, -0.25) is 9.42 Å². The molecule has 0 unspecified atom stereocenters. The number of anilines is 1. The van der Waals surface area contributed by atoms with Gasteiger partial charge in [0.2, 0.25) is 0 Å². The van der Waals surface area contributed by atoms with E-state index in [1.807, 2.05) is 0 Å². The van der Waals surface area contributed by atoms with E-state index >= 15 is 0 Å². The van der Waals surface area contributed by atoms with E-state index < -0.39 is 11.6 Å². The van der Waals surface area contributed by atoms with Crippen molar-refractivity contribution in [1.29, 1.82) is 0 Å². The quantitative estimate of drug-likeness (QED) is 0.492. The molecule has 100 valence electrons. The molecule has 10 heteroatoms. The maximum atomic E-state index is 11.6. The van der Waals surface area contributed by atoms with Gasteiger partial charge in [-0.05, 0) is 24.0 Å². The summed E-state index contributed by atoms with van der Waals surface area (Å²) in [5.41, 5.74) is 7.59. The van der Waals surface area contributed by atoms with Crippen LogP contribution in [-0.4, -0.2) is 16.8 Å². The molecule has 1 amide bonds. The highest BCUT2D eigenvalue weighted by Crippen LogP contribution is 2.21. The van der Waals surface area contributed by atoms with Crippen molar-refractivity contribution >= 4 is 40.4 Å². The number of amides is 1. The maximum Gasteiger partial charge on any atom is 0.322 e. The number of aromatic nitrogens is 2. The minimum Gasteiger partial charge on any atom is -0.359 e. The Kier molecular flexibility index (Phi) is 3.67. The monoisotopic (exact) mass is 301 g/mol. The van der Waals surface area contributed by atoms with Crippen LogP contribution in [0, 0.1) is 5.21 Å². The molecule has 8 nitrogen and oxygen atoms in total. The normalized spacial score (nSPS) is 11.6. The van der Waals surface area contributed by atoms with Crippen molar-refractivity contribution in [2.24, 2.45) is 5.10 Å². The second kappa shape index (κ2) is 5.24. The predicted octanol–water partition coefficient (Wildman–Crippen LogP) is 0.759. The molecule has 2 heterocycles. The molecule has 3 N–H and O–H groups in total. The first-order chi connectivity index (χ1) is 8.99. The van der Waals surface area contributed by atoms with Crippen molar-refractivity contribution in [3.05, 3.63) is 32.2 Å². The van der Waals surface area contributed by atoms with Gasteiger partial charge in [0.15, 0.2) is 0 Å². The summed E-state index contributed by atoms with van der Waals surface area (Å²) < 4.78 is 4.78. The lowest BCUT2D eigenvalue weighted by Gasteiger charge is -1.98. The van der Waals surface area contributed by atoms with Crippen LogP contribution in [0.25, 0.3) is 0 Å². The van der Waals surface area contributed by atoms with Crippen molar-refractivity contribution in [2.75, 3.05) is 5.73 Å². The highest BCUT2D eigenvalue weighted by atomic mass is 35.5.